The topological polar surface area (TPSA) is 58.2 Å². The van der Waals surface area contributed by atoms with Gasteiger partial charge in [0.15, 0.2) is 0 Å². The Hall–Kier alpha value is -0.420. The van der Waals surface area contributed by atoms with E-state index < -0.39 is 10.8 Å². The van der Waals surface area contributed by atoms with Gasteiger partial charge < -0.3 is 10.6 Å². The molecule has 0 saturated heterocycles. The van der Waals surface area contributed by atoms with Crippen molar-refractivity contribution in [2.45, 2.75) is 31.6 Å². The fourth-order valence-corrected chi connectivity index (χ4v) is 1.30. The molecule has 0 rings (SSSR count). The molecule has 0 saturated carbocycles. The Balaban J connectivity index is 3.64. The summed E-state index contributed by atoms with van der Waals surface area (Å²) in [6, 6.07) is -0.169. The van der Waals surface area contributed by atoms with Crippen LogP contribution in [0.25, 0.3) is 0 Å². The molecule has 0 radical (unpaired) electrons. The van der Waals surface area contributed by atoms with Gasteiger partial charge in [0.05, 0.1) is 6.04 Å². The van der Waals surface area contributed by atoms with E-state index in [0.717, 1.165) is 6.42 Å². The van der Waals surface area contributed by atoms with E-state index >= 15 is 0 Å². The number of carbonyl (C=O) groups excluding carboxylic acids is 1. The van der Waals surface area contributed by atoms with Crippen LogP contribution < -0.4 is 10.6 Å². The molecule has 0 heterocycles. The fraction of sp³-hybridized carbons (Fsp3) is 0.889. The lowest BCUT2D eigenvalue weighted by Gasteiger charge is -2.12. The minimum atomic E-state index is -0.804. The first kappa shape index (κ1) is 13.6. The van der Waals surface area contributed by atoms with Crippen molar-refractivity contribution in [3.63, 3.8) is 0 Å². The van der Waals surface area contributed by atoms with E-state index in [2.05, 4.69) is 10.6 Å². The zero-order valence-corrected chi connectivity index (χ0v) is 10.1. The second-order valence-corrected chi connectivity index (χ2v) is 5.20. The van der Waals surface area contributed by atoms with Crippen molar-refractivity contribution < 1.29 is 9.00 Å². The van der Waals surface area contributed by atoms with Gasteiger partial charge in [-0.05, 0) is 20.4 Å². The van der Waals surface area contributed by atoms with Crippen LogP contribution in [0.2, 0.25) is 0 Å². The van der Waals surface area contributed by atoms with Gasteiger partial charge in [0.1, 0.15) is 0 Å². The maximum Gasteiger partial charge on any atom is 0.236 e. The van der Waals surface area contributed by atoms with Crippen molar-refractivity contribution in [1.29, 1.82) is 0 Å². The lowest BCUT2D eigenvalue weighted by molar-refractivity contribution is -0.122. The van der Waals surface area contributed by atoms with E-state index in [1.807, 2.05) is 6.92 Å². The van der Waals surface area contributed by atoms with Crippen LogP contribution >= 0.6 is 0 Å². The molecule has 3 atom stereocenters. The third-order valence-corrected chi connectivity index (χ3v) is 3.61. The number of rotatable bonds is 6. The Kier molecular flexibility index (Phi) is 6.74. The first-order valence-corrected chi connectivity index (χ1v) is 6.38. The Morgan fingerprint density at radius 2 is 2.00 bits per heavy atom. The zero-order valence-electron chi connectivity index (χ0n) is 9.29. The molecule has 5 heteroatoms. The smallest absolute Gasteiger partial charge is 0.236 e. The predicted octanol–water partition coefficient (Wildman–Crippen LogP) is -0.132. The van der Waals surface area contributed by atoms with Gasteiger partial charge in [-0.15, -0.1) is 0 Å². The molecule has 3 unspecified atom stereocenters. The van der Waals surface area contributed by atoms with E-state index in [4.69, 9.17) is 0 Å². The largest absolute Gasteiger partial charge is 0.355 e. The molecule has 0 aromatic carbocycles. The zero-order chi connectivity index (χ0) is 11.1. The highest BCUT2D eigenvalue weighted by atomic mass is 32.2. The highest BCUT2D eigenvalue weighted by Gasteiger charge is 2.10. The number of hydrogen-bond donors (Lipinski definition) is 2. The van der Waals surface area contributed by atoms with Crippen molar-refractivity contribution in [3.05, 3.63) is 0 Å². The van der Waals surface area contributed by atoms with Crippen LogP contribution in [0.3, 0.4) is 0 Å². The van der Waals surface area contributed by atoms with Crippen LogP contribution in [-0.2, 0) is 15.6 Å². The Bertz CT molecular complexity index is 209. The Morgan fingerprint density at radius 1 is 1.43 bits per heavy atom. The van der Waals surface area contributed by atoms with Crippen molar-refractivity contribution in [3.8, 4) is 0 Å². The monoisotopic (exact) mass is 220 g/mol. The van der Waals surface area contributed by atoms with Gasteiger partial charge in [-0.2, -0.15) is 0 Å². The highest BCUT2D eigenvalue weighted by Crippen LogP contribution is 1.97. The number of amides is 1. The summed E-state index contributed by atoms with van der Waals surface area (Å²) in [4.78, 5) is 11.3. The SMILES string of the molecule is CNC(C)C(=O)NCCC(C)S(C)=O. The molecular weight excluding hydrogens is 200 g/mol. The quantitative estimate of drug-likeness (QED) is 0.655. The third kappa shape index (κ3) is 5.34. The first-order chi connectivity index (χ1) is 6.49. The first-order valence-electron chi connectivity index (χ1n) is 4.76. The second-order valence-electron chi connectivity index (χ2n) is 3.40. The van der Waals surface area contributed by atoms with E-state index in [1.165, 1.54) is 0 Å². The van der Waals surface area contributed by atoms with Gasteiger partial charge in [0.2, 0.25) is 5.91 Å². The molecule has 0 aliphatic heterocycles. The molecule has 0 aliphatic carbocycles. The maximum atomic E-state index is 11.3. The third-order valence-electron chi connectivity index (χ3n) is 2.24. The minimum absolute atomic E-state index is 0.0124. The lowest BCUT2D eigenvalue weighted by atomic mass is 10.3. The predicted molar refractivity (Wildman–Crippen MR) is 59.7 cm³/mol. The summed E-state index contributed by atoms with van der Waals surface area (Å²) in [5.74, 6) is -0.0124. The van der Waals surface area contributed by atoms with Crippen LogP contribution in [0.1, 0.15) is 20.3 Å². The molecule has 0 aromatic heterocycles. The van der Waals surface area contributed by atoms with Gasteiger partial charge in [-0.3, -0.25) is 9.00 Å². The van der Waals surface area contributed by atoms with Crippen molar-refractivity contribution in [1.82, 2.24) is 10.6 Å². The van der Waals surface area contributed by atoms with E-state index in [-0.39, 0.29) is 17.2 Å². The summed E-state index contributed by atoms with van der Waals surface area (Å²) in [5.41, 5.74) is 0. The molecule has 4 nitrogen and oxygen atoms in total. The summed E-state index contributed by atoms with van der Waals surface area (Å²) >= 11 is 0. The lowest BCUT2D eigenvalue weighted by Crippen LogP contribution is -2.41. The van der Waals surface area contributed by atoms with Crippen molar-refractivity contribution >= 4 is 16.7 Å². The molecule has 2 N–H and O–H groups in total. The standard InChI is InChI=1S/C9H20N2O2S/c1-7(14(4)13)5-6-11-9(12)8(2)10-3/h7-8,10H,5-6H2,1-4H3,(H,11,12). The van der Waals surface area contributed by atoms with Crippen LogP contribution in [0, 0.1) is 0 Å². The number of nitrogens with one attached hydrogen (secondary N) is 2. The minimum Gasteiger partial charge on any atom is -0.355 e. The van der Waals surface area contributed by atoms with Crippen LogP contribution in [0.5, 0.6) is 0 Å². The Labute approximate surface area is 88.3 Å². The van der Waals surface area contributed by atoms with Crippen molar-refractivity contribution in [2.24, 2.45) is 0 Å². The molecule has 0 aliphatic rings. The van der Waals surface area contributed by atoms with E-state index in [9.17, 15) is 9.00 Å². The highest BCUT2D eigenvalue weighted by molar-refractivity contribution is 7.84. The van der Waals surface area contributed by atoms with Crippen molar-refractivity contribution in [2.75, 3.05) is 19.8 Å². The molecule has 14 heavy (non-hydrogen) atoms. The summed E-state index contributed by atoms with van der Waals surface area (Å²) < 4.78 is 11.0. The summed E-state index contributed by atoms with van der Waals surface area (Å²) in [5, 5.41) is 5.78. The average Bonchev–Trinajstić information content (AvgIpc) is 2.15. The fourth-order valence-electron chi connectivity index (χ4n) is 0.849. The summed E-state index contributed by atoms with van der Waals surface area (Å²) in [7, 11) is 0.940. The normalized spacial score (nSPS) is 17.1. The molecule has 0 bridgehead atoms. The average molecular weight is 220 g/mol. The number of carbonyl (C=O) groups is 1. The molecule has 84 valence electrons. The molecule has 1 amide bonds. The van der Waals surface area contributed by atoms with E-state index in [0.29, 0.717) is 6.54 Å². The maximum absolute atomic E-state index is 11.3. The molecule has 0 spiro atoms. The van der Waals surface area contributed by atoms with Gasteiger partial charge in [-0.25, -0.2) is 0 Å². The van der Waals surface area contributed by atoms with E-state index in [1.54, 1.807) is 20.2 Å². The molecule has 0 aromatic rings. The Morgan fingerprint density at radius 3 is 2.43 bits per heavy atom. The molecule has 0 fully saturated rings. The van der Waals surface area contributed by atoms with Gasteiger partial charge >= 0.3 is 0 Å². The molecular formula is C9H20N2O2S. The van der Waals surface area contributed by atoms with Crippen LogP contribution in [-0.4, -0.2) is 41.3 Å². The summed E-state index contributed by atoms with van der Waals surface area (Å²) in [6.07, 6.45) is 2.44. The van der Waals surface area contributed by atoms with Gasteiger partial charge in [-0.1, -0.05) is 6.92 Å². The second kappa shape index (κ2) is 6.95. The van der Waals surface area contributed by atoms with Gasteiger partial charge in [0.25, 0.3) is 0 Å². The number of likely N-dealkylation sites (N-methyl/N-ethyl adjacent to an activating group) is 1. The number of hydrogen-bond acceptors (Lipinski definition) is 3. The van der Waals surface area contributed by atoms with Crippen LogP contribution in [0.4, 0.5) is 0 Å². The van der Waals surface area contributed by atoms with Gasteiger partial charge in [0, 0.05) is 28.9 Å². The van der Waals surface area contributed by atoms with Crippen LogP contribution in [0.15, 0.2) is 0 Å². The summed E-state index contributed by atoms with van der Waals surface area (Å²) in [6.45, 7) is 4.31.